The zero-order valence-electron chi connectivity index (χ0n) is 10.8. The van der Waals surface area contributed by atoms with Gasteiger partial charge in [0.05, 0.1) is 13.7 Å². The van der Waals surface area contributed by atoms with Gasteiger partial charge in [-0.1, -0.05) is 13.8 Å². The number of carbonyl (C=O) groups is 1. The average molecular weight is 237 g/mol. The molecule has 0 aliphatic rings. The van der Waals surface area contributed by atoms with Crippen LogP contribution in [0.4, 0.5) is 0 Å². The van der Waals surface area contributed by atoms with Gasteiger partial charge in [0.15, 0.2) is 0 Å². The molecular formula is C13H19NO3. The molecule has 1 aromatic heterocycles. The van der Waals surface area contributed by atoms with Crippen LogP contribution in [0, 0.1) is 0 Å². The fourth-order valence-corrected chi connectivity index (χ4v) is 1.62. The summed E-state index contributed by atoms with van der Waals surface area (Å²) in [5, 5.41) is 0. The van der Waals surface area contributed by atoms with E-state index in [-0.39, 0.29) is 5.97 Å². The summed E-state index contributed by atoms with van der Waals surface area (Å²) in [6.45, 7) is 6.28. The van der Waals surface area contributed by atoms with E-state index in [1.165, 1.54) is 6.20 Å². The van der Waals surface area contributed by atoms with Crippen molar-refractivity contribution in [2.24, 2.45) is 0 Å². The summed E-state index contributed by atoms with van der Waals surface area (Å²) in [7, 11) is 1.56. The lowest BCUT2D eigenvalue weighted by Gasteiger charge is -2.15. The minimum atomic E-state index is -0.387. The van der Waals surface area contributed by atoms with Gasteiger partial charge in [-0.25, -0.2) is 4.79 Å². The van der Waals surface area contributed by atoms with E-state index in [0.29, 0.717) is 23.8 Å². The molecule has 94 valence electrons. The van der Waals surface area contributed by atoms with Crippen molar-refractivity contribution in [2.75, 3.05) is 13.7 Å². The van der Waals surface area contributed by atoms with Crippen molar-refractivity contribution in [2.45, 2.75) is 33.1 Å². The quantitative estimate of drug-likeness (QED) is 0.739. The Hall–Kier alpha value is -1.58. The van der Waals surface area contributed by atoms with Gasteiger partial charge in [-0.3, -0.25) is 4.98 Å². The Balaban J connectivity index is 3.18. The van der Waals surface area contributed by atoms with Gasteiger partial charge in [-0.05, 0) is 19.3 Å². The van der Waals surface area contributed by atoms with Crippen LogP contribution in [-0.2, 0) is 4.74 Å². The molecule has 0 aromatic carbocycles. The molecule has 4 nitrogen and oxygen atoms in total. The molecule has 0 amide bonds. The van der Waals surface area contributed by atoms with Crippen LogP contribution in [-0.4, -0.2) is 24.7 Å². The normalized spacial score (nSPS) is 12.0. The van der Waals surface area contributed by atoms with Crippen LogP contribution in [0.25, 0.3) is 0 Å². The van der Waals surface area contributed by atoms with Gasteiger partial charge >= 0.3 is 5.97 Å². The Morgan fingerprint density at radius 2 is 2.12 bits per heavy atom. The topological polar surface area (TPSA) is 48.4 Å². The molecule has 0 radical (unpaired) electrons. The second-order valence-electron chi connectivity index (χ2n) is 3.84. The Kier molecular flexibility index (Phi) is 4.94. The van der Waals surface area contributed by atoms with E-state index >= 15 is 0 Å². The van der Waals surface area contributed by atoms with E-state index in [0.717, 1.165) is 12.0 Å². The first kappa shape index (κ1) is 13.5. The van der Waals surface area contributed by atoms with Crippen LogP contribution in [0.5, 0.6) is 5.75 Å². The first-order valence-electron chi connectivity index (χ1n) is 5.84. The lowest BCUT2D eigenvalue weighted by Crippen LogP contribution is -2.10. The maximum Gasteiger partial charge on any atom is 0.343 e. The van der Waals surface area contributed by atoms with Crippen molar-refractivity contribution in [3.8, 4) is 5.75 Å². The largest absolute Gasteiger partial charge is 0.495 e. The standard InChI is InChI=1S/C13H19NO3/c1-5-9(3)10-7-14-8-11(12(10)16-4)13(15)17-6-2/h7-9H,5-6H2,1-4H3. The molecule has 1 atom stereocenters. The highest BCUT2D eigenvalue weighted by molar-refractivity contribution is 5.92. The van der Waals surface area contributed by atoms with Gasteiger partial charge in [0, 0.05) is 18.0 Å². The molecule has 0 saturated carbocycles. The molecular weight excluding hydrogens is 218 g/mol. The third-order valence-electron chi connectivity index (χ3n) is 2.77. The van der Waals surface area contributed by atoms with Crippen LogP contribution in [0.15, 0.2) is 12.4 Å². The molecule has 1 heterocycles. The number of aromatic nitrogens is 1. The second-order valence-corrected chi connectivity index (χ2v) is 3.84. The van der Waals surface area contributed by atoms with E-state index in [2.05, 4.69) is 18.8 Å². The van der Waals surface area contributed by atoms with Crippen molar-refractivity contribution >= 4 is 5.97 Å². The molecule has 1 unspecified atom stereocenters. The first-order chi connectivity index (χ1) is 8.15. The summed E-state index contributed by atoms with van der Waals surface area (Å²) in [6.07, 6.45) is 4.20. The highest BCUT2D eigenvalue weighted by atomic mass is 16.5. The molecule has 0 aliphatic heterocycles. The van der Waals surface area contributed by atoms with E-state index in [1.807, 2.05) is 0 Å². The number of ether oxygens (including phenoxy) is 2. The number of methoxy groups -OCH3 is 1. The Labute approximate surface area is 102 Å². The van der Waals surface area contributed by atoms with Gasteiger partial charge in [-0.15, -0.1) is 0 Å². The number of rotatable bonds is 5. The zero-order chi connectivity index (χ0) is 12.8. The fraction of sp³-hybridized carbons (Fsp3) is 0.538. The molecule has 1 aromatic rings. The van der Waals surface area contributed by atoms with E-state index in [1.54, 1.807) is 20.2 Å². The van der Waals surface area contributed by atoms with Gasteiger partial charge in [0.2, 0.25) is 0 Å². The fourth-order valence-electron chi connectivity index (χ4n) is 1.62. The number of carbonyl (C=O) groups excluding carboxylic acids is 1. The summed E-state index contributed by atoms with van der Waals surface area (Å²) in [5.74, 6) is 0.488. The summed E-state index contributed by atoms with van der Waals surface area (Å²) in [6, 6.07) is 0. The van der Waals surface area contributed by atoms with E-state index in [4.69, 9.17) is 9.47 Å². The van der Waals surface area contributed by atoms with Crippen LogP contribution in [0.2, 0.25) is 0 Å². The Morgan fingerprint density at radius 3 is 2.65 bits per heavy atom. The molecule has 0 bridgehead atoms. The summed E-state index contributed by atoms with van der Waals surface area (Å²) >= 11 is 0. The molecule has 0 spiro atoms. The molecule has 0 fully saturated rings. The van der Waals surface area contributed by atoms with E-state index < -0.39 is 0 Å². The number of pyridine rings is 1. The monoisotopic (exact) mass is 237 g/mol. The molecule has 0 aliphatic carbocycles. The number of hydrogen-bond donors (Lipinski definition) is 0. The van der Waals surface area contributed by atoms with Gasteiger partial charge in [0.1, 0.15) is 11.3 Å². The summed E-state index contributed by atoms with van der Waals surface area (Å²) in [5.41, 5.74) is 1.34. The predicted octanol–water partition coefficient (Wildman–Crippen LogP) is 2.78. The zero-order valence-corrected chi connectivity index (χ0v) is 10.8. The van der Waals surface area contributed by atoms with Crippen LogP contribution in [0.3, 0.4) is 0 Å². The van der Waals surface area contributed by atoms with Crippen molar-refractivity contribution in [1.82, 2.24) is 4.98 Å². The lowest BCUT2D eigenvalue weighted by atomic mass is 9.98. The average Bonchev–Trinajstić information content (AvgIpc) is 2.37. The molecule has 0 N–H and O–H groups in total. The third kappa shape index (κ3) is 2.96. The highest BCUT2D eigenvalue weighted by Gasteiger charge is 2.19. The minimum Gasteiger partial charge on any atom is -0.495 e. The van der Waals surface area contributed by atoms with Gasteiger partial charge < -0.3 is 9.47 Å². The second kappa shape index (κ2) is 6.23. The van der Waals surface area contributed by atoms with Crippen molar-refractivity contribution < 1.29 is 14.3 Å². The van der Waals surface area contributed by atoms with Crippen molar-refractivity contribution in [3.63, 3.8) is 0 Å². The SMILES string of the molecule is CCOC(=O)c1cncc(C(C)CC)c1OC. The summed E-state index contributed by atoms with van der Waals surface area (Å²) < 4.78 is 10.3. The molecule has 0 saturated heterocycles. The lowest BCUT2D eigenvalue weighted by molar-refractivity contribution is 0.0522. The van der Waals surface area contributed by atoms with Crippen molar-refractivity contribution in [1.29, 1.82) is 0 Å². The summed E-state index contributed by atoms with van der Waals surface area (Å²) in [4.78, 5) is 15.8. The number of nitrogens with zero attached hydrogens (tertiary/aromatic N) is 1. The predicted molar refractivity (Wildman–Crippen MR) is 65.5 cm³/mol. The molecule has 4 heteroatoms. The highest BCUT2D eigenvalue weighted by Crippen LogP contribution is 2.31. The van der Waals surface area contributed by atoms with Crippen molar-refractivity contribution in [3.05, 3.63) is 23.5 Å². The smallest absolute Gasteiger partial charge is 0.343 e. The third-order valence-corrected chi connectivity index (χ3v) is 2.77. The Morgan fingerprint density at radius 1 is 1.41 bits per heavy atom. The Bertz CT molecular complexity index is 390. The number of hydrogen-bond acceptors (Lipinski definition) is 4. The maximum absolute atomic E-state index is 11.7. The van der Waals surface area contributed by atoms with Crippen LogP contribution < -0.4 is 4.74 Å². The van der Waals surface area contributed by atoms with Crippen LogP contribution in [0.1, 0.15) is 49.0 Å². The van der Waals surface area contributed by atoms with E-state index in [9.17, 15) is 4.79 Å². The first-order valence-corrected chi connectivity index (χ1v) is 5.84. The molecule has 1 rings (SSSR count). The number of esters is 1. The van der Waals surface area contributed by atoms with Crippen LogP contribution >= 0.6 is 0 Å². The molecule has 17 heavy (non-hydrogen) atoms. The van der Waals surface area contributed by atoms with Gasteiger partial charge in [0.25, 0.3) is 0 Å². The van der Waals surface area contributed by atoms with Gasteiger partial charge in [-0.2, -0.15) is 0 Å². The maximum atomic E-state index is 11.7. The minimum absolute atomic E-state index is 0.298.